The second-order valence-corrected chi connectivity index (χ2v) is 16.6. The van der Waals surface area contributed by atoms with E-state index in [9.17, 15) is 32.7 Å². The van der Waals surface area contributed by atoms with Gasteiger partial charge in [-0.05, 0) is 61.3 Å². The van der Waals surface area contributed by atoms with Crippen LogP contribution in [-0.2, 0) is 19.6 Å². The topological polar surface area (TPSA) is 174 Å². The van der Waals surface area contributed by atoms with Crippen molar-refractivity contribution in [2.45, 2.75) is 97.4 Å². The van der Waals surface area contributed by atoms with Crippen molar-refractivity contribution in [3.05, 3.63) is 65.2 Å². The molecule has 0 saturated carbocycles. The number of aliphatic hydroxyl groups excluding tert-OH is 1. The monoisotopic (exact) mass is 715 g/mol. The minimum atomic E-state index is -4.04. The Balaban J connectivity index is 2.33. The quantitative estimate of drug-likeness (QED) is 0.156. The molecule has 2 aromatic carbocycles. The molecule has 0 aromatic heterocycles. The molecule has 2 aromatic rings. The Labute approximate surface area is 298 Å². The average Bonchev–Trinajstić information content (AvgIpc) is 3.05. The number of sulfonamides is 1. The number of nitrogens with one attached hydrogen (secondary N) is 4. The molecule has 0 bridgehead atoms. The van der Waals surface area contributed by atoms with Gasteiger partial charge in [0, 0.05) is 37.7 Å². The summed E-state index contributed by atoms with van der Waals surface area (Å²) in [5.74, 6) is -2.52. The molecule has 0 fully saturated rings. The lowest BCUT2D eigenvalue weighted by Gasteiger charge is -2.29. The Hall–Kier alpha value is -3.81. The highest BCUT2D eigenvalue weighted by Crippen LogP contribution is 2.22. The Morgan fingerprint density at radius 2 is 1.30 bits per heavy atom. The number of hydrogen-bond donors (Lipinski definition) is 5. The molecule has 0 aliphatic heterocycles. The Morgan fingerprint density at radius 3 is 1.80 bits per heavy atom. The first-order valence-corrected chi connectivity index (χ1v) is 18.7. The summed E-state index contributed by atoms with van der Waals surface area (Å²) in [5, 5.41) is 22.7. The highest BCUT2D eigenvalue weighted by molar-refractivity contribution is 7.89. The van der Waals surface area contributed by atoms with E-state index < -0.39 is 57.9 Å². The zero-order chi connectivity index (χ0) is 37.9. The van der Waals surface area contributed by atoms with Crippen LogP contribution in [0.2, 0.25) is 0 Å². The van der Waals surface area contributed by atoms with Crippen LogP contribution in [0, 0.1) is 23.7 Å². The van der Waals surface area contributed by atoms with Crippen molar-refractivity contribution < 1.29 is 32.7 Å². The van der Waals surface area contributed by atoms with E-state index in [2.05, 4.69) is 21.3 Å². The SMILES string of the molecule is CC(C)CNC(=O)C(NC(=O)C(C)CC(O)C(CC(C)C)NC(=O)c1cc(C(=O)NC(C)c2ccccc2)cc(S(=O)(=O)N(C)C)c1)C(C)C. The zero-order valence-electron chi connectivity index (χ0n) is 31.1. The third kappa shape index (κ3) is 12.5. The minimum Gasteiger partial charge on any atom is -0.391 e. The highest BCUT2D eigenvalue weighted by Gasteiger charge is 2.31. The van der Waals surface area contributed by atoms with Gasteiger partial charge in [0.15, 0.2) is 0 Å². The van der Waals surface area contributed by atoms with Gasteiger partial charge in [0.1, 0.15) is 6.04 Å². The van der Waals surface area contributed by atoms with E-state index in [1.165, 1.54) is 32.3 Å². The van der Waals surface area contributed by atoms with E-state index in [1.54, 1.807) is 13.8 Å². The van der Waals surface area contributed by atoms with Gasteiger partial charge in [0.05, 0.1) is 23.1 Å². The molecule has 5 N–H and O–H groups in total. The summed E-state index contributed by atoms with van der Waals surface area (Å²) in [7, 11) is -1.33. The normalized spacial score (nSPS) is 14.9. The van der Waals surface area contributed by atoms with Crippen LogP contribution in [0.4, 0.5) is 0 Å². The van der Waals surface area contributed by atoms with Crippen LogP contribution in [0.5, 0.6) is 0 Å². The van der Waals surface area contributed by atoms with Crippen LogP contribution in [0.15, 0.2) is 53.4 Å². The van der Waals surface area contributed by atoms with Gasteiger partial charge in [-0.25, -0.2) is 12.7 Å². The molecule has 0 spiro atoms. The van der Waals surface area contributed by atoms with Crippen molar-refractivity contribution >= 4 is 33.7 Å². The summed E-state index contributed by atoms with van der Waals surface area (Å²) in [5.41, 5.74) is 0.743. The zero-order valence-corrected chi connectivity index (χ0v) is 31.9. The van der Waals surface area contributed by atoms with Gasteiger partial charge in [0.25, 0.3) is 11.8 Å². The molecule has 0 radical (unpaired) electrons. The third-order valence-electron chi connectivity index (χ3n) is 8.34. The largest absolute Gasteiger partial charge is 0.391 e. The molecule has 5 atom stereocenters. The molecule has 50 heavy (non-hydrogen) atoms. The number of hydrogen-bond acceptors (Lipinski definition) is 7. The lowest BCUT2D eigenvalue weighted by atomic mass is 9.91. The maximum atomic E-state index is 13.7. The van der Waals surface area contributed by atoms with E-state index in [4.69, 9.17) is 0 Å². The maximum Gasteiger partial charge on any atom is 0.251 e. The summed E-state index contributed by atoms with van der Waals surface area (Å²) in [6.45, 7) is 15.4. The van der Waals surface area contributed by atoms with Crippen molar-refractivity contribution in [2.24, 2.45) is 23.7 Å². The summed E-state index contributed by atoms with van der Waals surface area (Å²) in [6, 6.07) is 11.1. The fraction of sp³-hybridized carbons (Fsp3) is 0.568. The standard InChI is InChI=1S/C37H57N5O7S/c1-22(2)16-31(32(43)17-25(7)34(44)41-33(24(5)6)37(47)38-21-23(3)4)40-36(46)29-18-28(19-30(20-29)50(48,49)42(9)10)35(45)39-26(8)27-14-12-11-13-15-27/h11-15,18-20,22-26,31-33,43H,16-17,21H2,1-10H3,(H,38,47)(H,39,45)(H,40,46)(H,41,44). The van der Waals surface area contributed by atoms with Crippen molar-refractivity contribution in [3.63, 3.8) is 0 Å². The Kier molecular flexibility index (Phi) is 16.1. The van der Waals surface area contributed by atoms with Crippen LogP contribution in [-0.4, -0.2) is 80.3 Å². The average molecular weight is 716 g/mol. The van der Waals surface area contributed by atoms with Gasteiger partial charge < -0.3 is 26.4 Å². The number of rotatable bonds is 18. The van der Waals surface area contributed by atoms with E-state index in [0.717, 1.165) is 9.87 Å². The lowest BCUT2D eigenvalue weighted by molar-refractivity contribution is -0.132. The smallest absolute Gasteiger partial charge is 0.251 e. The van der Waals surface area contributed by atoms with Crippen molar-refractivity contribution in [3.8, 4) is 0 Å². The van der Waals surface area contributed by atoms with Crippen molar-refractivity contribution in [2.75, 3.05) is 20.6 Å². The number of benzene rings is 2. The van der Waals surface area contributed by atoms with Gasteiger partial charge in [-0.1, -0.05) is 78.8 Å². The van der Waals surface area contributed by atoms with Crippen LogP contribution >= 0.6 is 0 Å². The fourth-order valence-electron chi connectivity index (χ4n) is 5.28. The van der Waals surface area contributed by atoms with Crippen LogP contribution in [0.3, 0.4) is 0 Å². The molecular weight excluding hydrogens is 659 g/mol. The molecule has 12 nitrogen and oxygen atoms in total. The third-order valence-corrected chi connectivity index (χ3v) is 10.1. The Morgan fingerprint density at radius 1 is 0.740 bits per heavy atom. The summed E-state index contributed by atoms with van der Waals surface area (Å²) < 4.78 is 27.3. The molecule has 0 aliphatic rings. The summed E-state index contributed by atoms with van der Waals surface area (Å²) in [4.78, 5) is 52.9. The van der Waals surface area contributed by atoms with E-state index >= 15 is 0 Å². The van der Waals surface area contributed by atoms with Crippen molar-refractivity contribution in [1.82, 2.24) is 25.6 Å². The van der Waals surface area contributed by atoms with E-state index in [1.807, 2.05) is 71.9 Å². The van der Waals surface area contributed by atoms with Gasteiger partial charge in [-0.2, -0.15) is 0 Å². The highest BCUT2D eigenvalue weighted by atomic mass is 32.2. The molecule has 278 valence electrons. The molecule has 0 aliphatic carbocycles. The predicted molar refractivity (Wildman–Crippen MR) is 195 cm³/mol. The number of nitrogens with zero attached hydrogens (tertiary/aromatic N) is 1. The van der Waals surface area contributed by atoms with Gasteiger partial charge >= 0.3 is 0 Å². The second-order valence-electron chi connectivity index (χ2n) is 14.4. The number of amides is 4. The fourth-order valence-corrected chi connectivity index (χ4v) is 6.25. The van der Waals surface area contributed by atoms with Gasteiger partial charge in [-0.15, -0.1) is 0 Å². The number of aliphatic hydroxyl groups is 1. The molecule has 0 heterocycles. The first kappa shape index (κ1) is 42.4. The molecule has 4 amide bonds. The van der Waals surface area contributed by atoms with Crippen LogP contribution < -0.4 is 21.3 Å². The number of carbonyl (C=O) groups is 4. The van der Waals surface area contributed by atoms with Gasteiger partial charge in [0.2, 0.25) is 21.8 Å². The second kappa shape index (κ2) is 19.0. The number of carbonyl (C=O) groups excluding carboxylic acids is 4. The molecular formula is C37H57N5O7S. The molecule has 5 unspecified atom stereocenters. The van der Waals surface area contributed by atoms with E-state index in [0.29, 0.717) is 13.0 Å². The molecule has 2 rings (SSSR count). The lowest BCUT2D eigenvalue weighted by Crippen LogP contribution is -2.52. The van der Waals surface area contributed by atoms with Crippen molar-refractivity contribution in [1.29, 1.82) is 0 Å². The predicted octanol–water partition coefficient (Wildman–Crippen LogP) is 3.87. The minimum absolute atomic E-state index is 0.0119. The van der Waals surface area contributed by atoms with Gasteiger partial charge in [-0.3, -0.25) is 19.2 Å². The van der Waals surface area contributed by atoms with Crippen LogP contribution in [0.1, 0.15) is 101 Å². The first-order valence-electron chi connectivity index (χ1n) is 17.2. The summed E-state index contributed by atoms with van der Waals surface area (Å²) >= 11 is 0. The van der Waals surface area contributed by atoms with E-state index in [-0.39, 0.29) is 46.1 Å². The van der Waals surface area contributed by atoms with Crippen LogP contribution in [0.25, 0.3) is 0 Å². The first-order chi connectivity index (χ1) is 23.2. The maximum absolute atomic E-state index is 13.7. The Bertz CT molecular complexity index is 1560. The summed E-state index contributed by atoms with van der Waals surface area (Å²) in [6.07, 6.45) is -0.815. The molecule has 0 saturated heterocycles. The molecule has 13 heteroatoms.